The Balaban J connectivity index is 2.74. The summed E-state index contributed by atoms with van der Waals surface area (Å²) in [5.41, 5.74) is 1.24. The van der Waals surface area contributed by atoms with Gasteiger partial charge in [-0.3, -0.25) is 9.59 Å². The Bertz CT molecular complexity index is 468. The summed E-state index contributed by atoms with van der Waals surface area (Å²) in [6.45, 7) is 8.36. The number of nitrogens with one attached hydrogen (secondary N) is 2. The van der Waals surface area contributed by atoms with Gasteiger partial charge in [-0.05, 0) is 38.3 Å². The Kier molecular flexibility index (Phi) is 6.71. The highest BCUT2D eigenvalue weighted by Crippen LogP contribution is 2.24. The summed E-state index contributed by atoms with van der Waals surface area (Å²) in [6.07, 6.45) is 3.02. The molecule has 0 aliphatic carbocycles. The topological polar surface area (TPSA) is 58.2 Å². The van der Waals surface area contributed by atoms with E-state index in [9.17, 15) is 9.59 Å². The van der Waals surface area contributed by atoms with Crippen molar-refractivity contribution in [2.24, 2.45) is 0 Å². The van der Waals surface area contributed by atoms with Crippen LogP contribution in [0.25, 0.3) is 0 Å². The molecule has 20 heavy (non-hydrogen) atoms. The maximum atomic E-state index is 12.2. The summed E-state index contributed by atoms with van der Waals surface area (Å²) in [6, 6.07) is 1.44. The van der Waals surface area contributed by atoms with Crippen molar-refractivity contribution in [2.45, 2.75) is 53.0 Å². The Morgan fingerprint density at radius 3 is 2.55 bits per heavy atom. The molecule has 2 N–H and O–H groups in total. The van der Waals surface area contributed by atoms with Crippen LogP contribution in [0.1, 0.15) is 54.2 Å². The van der Waals surface area contributed by atoms with Gasteiger partial charge in [0.2, 0.25) is 5.91 Å². The summed E-state index contributed by atoms with van der Waals surface area (Å²) in [7, 11) is 0. The first-order chi connectivity index (χ1) is 9.53. The molecule has 5 heteroatoms. The zero-order valence-electron chi connectivity index (χ0n) is 12.7. The van der Waals surface area contributed by atoms with E-state index in [0.717, 1.165) is 19.3 Å². The molecule has 0 fully saturated rings. The van der Waals surface area contributed by atoms with E-state index in [-0.39, 0.29) is 11.8 Å². The van der Waals surface area contributed by atoms with Crippen LogP contribution in [0.3, 0.4) is 0 Å². The molecule has 112 valence electrons. The van der Waals surface area contributed by atoms with Crippen LogP contribution in [-0.4, -0.2) is 24.4 Å². The number of rotatable bonds is 7. The third-order valence-corrected chi connectivity index (χ3v) is 4.31. The molecule has 4 nitrogen and oxygen atoms in total. The quantitative estimate of drug-likeness (QED) is 0.812. The summed E-state index contributed by atoms with van der Waals surface area (Å²) >= 11 is 1.54. The third-order valence-electron chi connectivity index (χ3n) is 3.07. The van der Waals surface area contributed by atoms with E-state index >= 15 is 0 Å². The first kappa shape index (κ1) is 16.7. The average molecular weight is 296 g/mol. The first-order valence-corrected chi connectivity index (χ1v) is 8.05. The molecule has 0 radical (unpaired) electrons. The molecule has 0 saturated carbocycles. The average Bonchev–Trinajstić information content (AvgIpc) is 2.82. The van der Waals surface area contributed by atoms with Crippen LogP contribution in [0.15, 0.2) is 6.07 Å². The predicted molar refractivity (Wildman–Crippen MR) is 83.3 cm³/mol. The Hall–Kier alpha value is -1.36. The maximum absolute atomic E-state index is 12.2. The Morgan fingerprint density at radius 1 is 1.30 bits per heavy atom. The van der Waals surface area contributed by atoms with Gasteiger partial charge < -0.3 is 10.6 Å². The van der Waals surface area contributed by atoms with Gasteiger partial charge in [0.15, 0.2) is 0 Å². The lowest BCUT2D eigenvalue weighted by atomic mass is 10.1. The van der Waals surface area contributed by atoms with E-state index < -0.39 is 6.04 Å². The molecule has 1 atom stereocenters. The van der Waals surface area contributed by atoms with Crippen molar-refractivity contribution < 1.29 is 9.59 Å². The van der Waals surface area contributed by atoms with Crippen LogP contribution in [-0.2, 0) is 17.6 Å². The first-order valence-electron chi connectivity index (χ1n) is 7.23. The monoisotopic (exact) mass is 296 g/mol. The molecule has 1 rings (SSSR count). The molecule has 2 amide bonds. The van der Waals surface area contributed by atoms with Crippen LogP contribution in [0.2, 0.25) is 0 Å². The molecule has 0 saturated heterocycles. The van der Waals surface area contributed by atoms with Gasteiger partial charge in [-0.2, -0.15) is 0 Å². The second-order valence-corrected chi connectivity index (χ2v) is 5.89. The molecule has 0 unspecified atom stereocenters. The molecule has 1 heterocycles. The van der Waals surface area contributed by atoms with Gasteiger partial charge >= 0.3 is 0 Å². The van der Waals surface area contributed by atoms with Gasteiger partial charge in [0.25, 0.3) is 5.91 Å². The number of carbonyl (C=O) groups is 2. The van der Waals surface area contributed by atoms with E-state index in [0.29, 0.717) is 11.4 Å². The van der Waals surface area contributed by atoms with Crippen LogP contribution >= 0.6 is 11.3 Å². The van der Waals surface area contributed by atoms with Crippen molar-refractivity contribution in [3.05, 3.63) is 21.4 Å². The molecule has 0 spiro atoms. The van der Waals surface area contributed by atoms with Crippen molar-refractivity contribution in [2.75, 3.05) is 6.54 Å². The second kappa shape index (κ2) is 8.04. The van der Waals surface area contributed by atoms with Crippen LogP contribution in [0.4, 0.5) is 0 Å². The van der Waals surface area contributed by atoms with Crippen LogP contribution in [0.5, 0.6) is 0 Å². The number of thiophene rings is 1. The molecule has 1 aromatic rings. The van der Waals surface area contributed by atoms with E-state index in [1.165, 1.54) is 10.4 Å². The van der Waals surface area contributed by atoms with E-state index in [1.807, 2.05) is 13.0 Å². The second-order valence-electron chi connectivity index (χ2n) is 4.75. The fourth-order valence-electron chi connectivity index (χ4n) is 1.98. The number of likely N-dealkylation sites (N-methyl/N-ethyl adjacent to an activating group) is 1. The highest BCUT2D eigenvalue weighted by molar-refractivity contribution is 7.14. The van der Waals surface area contributed by atoms with E-state index in [4.69, 9.17) is 0 Å². The van der Waals surface area contributed by atoms with Crippen LogP contribution in [0, 0.1) is 0 Å². The lowest BCUT2D eigenvalue weighted by Gasteiger charge is -2.12. The summed E-state index contributed by atoms with van der Waals surface area (Å²) in [5, 5.41) is 5.45. The maximum Gasteiger partial charge on any atom is 0.262 e. The smallest absolute Gasteiger partial charge is 0.262 e. The predicted octanol–water partition coefficient (Wildman–Crippen LogP) is 2.52. The van der Waals surface area contributed by atoms with Crippen molar-refractivity contribution >= 4 is 23.2 Å². The summed E-state index contributed by atoms with van der Waals surface area (Å²) in [5.74, 6) is -0.312. The molecule has 0 bridgehead atoms. The highest BCUT2D eigenvalue weighted by atomic mass is 32.1. The summed E-state index contributed by atoms with van der Waals surface area (Å²) in [4.78, 5) is 25.8. The molecule has 0 aliphatic heterocycles. The molecule has 1 aromatic heterocycles. The lowest BCUT2D eigenvalue weighted by molar-refractivity contribution is -0.122. The Morgan fingerprint density at radius 2 is 2.00 bits per heavy atom. The van der Waals surface area contributed by atoms with Crippen molar-refractivity contribution in [1.29, 1.82) is 0 Å². The third kappa shape index (κ3) is 4.34. The van der Waals surface area contributed by atoms with Gasteiger partial charge in [-0.15, -0.1) is 11.3 Å². The van der Waals surface area contributed by atoms with Gasteiger partial charge in [-0.25, -0.2) is 0 Å². The van der Waals surface area contributed by atoms with Gasteiger partial charge in [-0.1, -0.05) is 20.3 Å². The molecule has 0 aliphatic rings. The van der Waals surface area contributed by atoms with E-state index in [1.54, 1.807) is 18.3 Å². The standard InChI is InChI=1S/C15H24N2O2S/c1-5-8-12-11(6-2)9-13(20-12)15(19)17-10(4)14(18)16-7-3/h9-10H,5-8H2,1-4H3,(H,16,18)(H,17,19)/t10-/m0/s1. The minimum atomic E-state index is -0.510. The SMILES string of the molecule is CCCc1sc(C(=O)N[C@@H](C)C(=O)NCC)cc1CC. The van der Waals surface area contributed by atoms with Crippen molar-refractivity contribution in [3.8, 4) is 0 Å². The number of amides is 2. The zero-order chi connectivity index (χ0) is 15.1. The number of hydrogen-bond acceptors (Lipinski definition) is 3. The minimum absolute atomic E-state index is 0.151. The van der Waals surface area contributed by atoms with Crippen molar-refractivity contribution in [3.63, 3.8) is 0 Å². The number of hydrogen-bond donors (Lipinski definition) is 2. The van der Waals surface area contributed by atoms with Gasteiger partial charge in [0.1, 0.15) is 6.04 Å². The normalized spacial score (nSPS) is 12.0. The summed E-state index contributed by atoms with van der Waals surface area (Å²) < 4.78 is 0. The van der Waals surface area contributed by atoms with Crippen LogP contribution < -0.4 is 10.6 Å². The zero-order valence-corrected chi connectivity index (χ0v) is 13.5. The molecular weight excluding hydrogens is 272 g/mol. The van der Waals surface area contributed by atoms with Gasteiger partial charge in [0.05, 0.1) is 4.88 Å². The van der Waals surface area contributed by atoms with Crippen molar-refractivity contribution in [1.82, 2.24) is 10.6 Å². The lowest BCUT2D eigenvalue weighted by Crippen LogP contribution is -2.44. The minimum Gasteiger partial charge on any atom is -0.355 e. The fourth-order valence-corrected chi connectivity index (χ4v) is 3.24. The molecular formula is C15H24N2O2S. The fraction of sp³-hybridized carbons (Fsp3) is 0.600. The van der Waals surface area contributed by atoms with Gasteiger partial charge in [0, 0.05) is 11.4 Å². The highest BCUT2D eigenvalue weighted by Gasteiger charge is 2.18. The Labute approximate surface area is 125 Å². The molecule has 0 aromatic carbocycles. The van der Waals surface area contributed by atoms with E-state index in [2.05, 4.69) is 24.5 Å². The largest absolute Gasteiger partial charge is 0.355 e. The number of carbonyl (C=O) groups excluding carboxylic acids is 2. The number of aryl methyl sites for hydroxylation is 2.